The summed E-state index contributed by atoms with van der Waals surface area (Å²) < 4.78 is 0. The van der Waals surface area contributed by atoms with Gasteiger partial charge in [0.2, 0.25) is 0 Å². The van der Waals surface area contributed by atoms with Crippen LogP contribution < -0.4 is 5.32 Å². The summed E-state index contributed by atoms with van der Waals surface area (Å²) in [6.07, 6.45) is 3.38. The number of halogens is 1. The standard InChI is InChI=1S/C8H15NOS.ClH/c10-7-5-8(9-6-7)1-3-11-4-2-8;/h7,9-10H,1-6H2;1H. The molecule has 2 saturated heterocycles. The Bertz CT molecular complexity index is 144. The van der Waals surface area contributed by atoms with Crippen molar-refractivity contribution in [1.29, 1.82) is 0 Å². The van der Waals surface area contributed by atoms with Gasteiger partial charge in [0.25, 0.3) is 0 Å². The number of nitrogens with one attached hydrogen (secondary N) is 1. The van der Waals surface area contributed by atoms with Gasteiger partial charge in [-0.3, -0.25) is 0 Å². The third-order valence-corrected chi connectivity index (χ3v) is 3.77. The number of hydrogen-bond acceptors (Lipinski definition) is 3. The van der Waals surface area contributed by atoms with Gasteiger partial charge in [-0.2, -0.15) is 11.8 Å². The highest BCUT2D eigenvalue weighted by Gasteiger charge is 2.38. The molecule has 1 atom stereocenters. The van der Waals surface area contributed by atoms with E-state index in [0.717, 1.165) is 13.0 Å². The molecule has 0 bridgehead atoms. The maximum Gasteiger partial charge on any atom is 0.0682 e. The van der Waals surface area contributed by atoms with Crippen molar-refractivity contribution in [2.45, 2.75) is 30.9 Å². The molecular formula is C8H16ClNOS. The molecule has 2 heterocycles. The first-order valence-corrected chi connectivity index (χ1v) is 5.47. The van der Waals surface area contributed by atoms with Crippen molar-refractivity contribution in [3.05, 3.63) is 0 Å². The Morgan fingerprint density at radius 1 is 1.33 bits per heavy atom. The fraction of sp³-hybridized carbons (Fsp3) is 1.00. The second kappa shape index (κ2) is 4.18. The van der Waals surface area contributed by atoms with Crippen molar-refractivity contribution >= 4 is 24.2 Å². The molecule has 1 spiro atoms. The zero-order valence-electron chi connectivity index (χ0n) is 7.08. The topological polar surface area (TPSA) is 32.3 Å². The minimum absolute atomic E-state index is 0. The Balaban J connectivity index is 0.000000720. The van der Waals surface area contributed by atoms with Gasteiger partial charge in [0, 0.05) is 12.1 Å². The van der Waals surface area contributed by atoms with Crippen molar-refractivity contribution in [3.8, 4) is 0 Å². The highest BCUT2D eigenvalue weighted by Crippen LogP contribution is 2.33. The average Bonchev–Trinajstić information content (AvgIpc) is 2.34. The molecule has 2 nitrogen and oxygen atoms in total. The van der Waals surface area contributed by atoms with E-state index in [4.69, 9.17) is 0 Å². The summed E-state index contributed by atoms with van der Waals surface area (Å²) in [5.41, 5.74) is 0.324. The van der Waals surface area contributed by atoms with Crippen LogP contribution in [0.4, 0.5) is 0 Å². The van der Waals surface area contributed by atoms with Crippen LogP contribution in [0, 0.1) is 0 Å². The van der Waals surface area contributed by atoms with Crippen LogP contribution in [0.2, 0.25) is 0 Å². The Morgan fingerprint density at radius 3 is 2.50 bits per heavy atom. The van der Waals surface area contributed by atoms with Crippen molar-refractivity contribution < 1.29 is 5.11 Å². The van der Waals surface area contributed by atoms with Crippen LogP contribution in [-0.4, -0.2) is 34.8 Å². The third kappa shape index (κ3) is 2.08. The molecule has 2 aliphatic rings. The molecule has 0 radical (unpaired) electrons. The van der Waals surface area contributed by atoms with Gasteiger partial charge < -0.3 is 10.4 Å². The Labute approximate surface area is 83.9 Å². The second-order valence-electron chi connectivity index (χ2n) is 3.63. The van der Waals surface area contributed by atoms with E-state index >= 15 is 0 Å². The second-order valence-corrected chi connectivity index (χ2v) is 4.86. The molecule has 0 aliphatic carbocycles. The lowest BCUT2D eigenvalue weighted by atomic mass is 9.90. The molecule has 2 aliphatic heterocycles. The molecule has 1 unspecified atom stereocenters. The van der Waals surface area contributed by atoms with Crippen molar-refractivity contribution in [2.75, 3.05) is 18.1 Å². The van der Waals surface area contributed by atoms with E-state index in [9.17, 15) is 5.11 Å². The molecular weight excluding hydrogens is 194 g/mol. The van der Waals surface area contributed by atoms with E-state index in [1.807, 2.05) is 11.8 Å². The smallest absolute Gasteiger partial charge is 0.0682 e. The number of hydrogen-bond donors (Lipinski definition) is 2. The summed E-state index contributed by atoms with van der Waals surface area (Å²) in [6.45, 7) is 0.810. The first-order chi connectivity index (χ1) is 5.31. The van der Waals surface area contributed by atoms with Crippen LogP contribution >= 0.6 is 24.2 Å². The molecule has 4 heteroatoms. The van der Waals surface area contributed by atoms with Crippen LogP contribution in [-0.2, 0) is 0 Å². The van der Waals surface area contributed by atoms with Crippen molar-refractivity contribution in [2.24, 2.45) is 0 Å². The summed E-state index contributed by atoms with van der Waals surface area (Å²) in [5, 5.41) is 12.8. The van der Waals surface area contributed by atoms with Gasteiger partial charge in [0.1, 0.15) is 0 Å². The molecule has 12 heavy (non-hydrogen) atoms. The van der Waals surface area contributed by atoms with Crippen LogP contribution in [0.5, 0.6) is 0 Å². The summed E-state index contributed by atoms with van der Waals surface area (Å²) in [7, 11) is 0. The van der Waals surface area contributed by atoms with E-state index in [2.05, 4.69) is 5.32 Å². The quantitative estimate of drug-likeness (QED) is 0.625. The van der Waals surface area contributed by atoms with E-state index in [1.54, 1.807) is 0 Å². The lowest BCUT2D eigenvalue weighted by molar-refractivity contribution is 0.182. The van der Waals surface area contributed by atoms with Gasteiger partial charge in [-0.1, -0.05) is 0 Å². The van der Waals surface area contributed by atoms with Crippen LogP contribution in [0.25, 0.3) is 0 Å². The molecule has 0 aromatic heterocycles. The zero-order chi connectivity index (χ0) is 7.73. The van der Waals surface area contributed by atoms with Crippen molar-refractivity contribution in [1.82, 2.24) is 5.32 Å². The minimum Gasteiger partial charge on any atom is -0.392 e. The van der Waals surface area contributed by atoms with Crippen molar-refractivity contribution in [3.63, 3.8) is 0 Å². The number of aliphatic hydroxyl groups is 1. The summed E-state index contributed by atoms with van der Waals surface area (Å²) in [6, 6.07) is 0. The number of aliphatic hydroxyl groups excluding tert-OH is 1. The molecule has 0 amide bonds. The predicted molar refractivity (Wildman–Crippen MR) is 55.2 cm³/mol. The minimum atomic E-state index is -0.0851. The van der Waals surface area contributed by atoms with Crippen LogP contribution in [0.15, 0.2) is 0 Å². The average molecular weight is 210 g/mol. The van der Waals surface area contributed by atoms with Crippen LogP contribution in [0.1, 0.15) is 19.3 Å². The monoisotopic (exact) mass is 209 g/mol. The SMILES string of the molecule is Cl.OC1CNC2(CCSCC2)C1. The summed E-state index contributed by atoms with van der Waals surface area (Å²) in [4.78, 5) is 0. The molecule has 72 valence electrons. The normalized spacial score (nSPS) is 33.2. The van der Waals surface area contributed by atoms with Gasteiger partial charge in [-0.15, -0.1) is 12.4 Å². The fourth-order valence-electron chi connectivity index (χ4n) is 2.07. The van der Waals surface area contributed by atoms with Gasteiger partial charge in [0.05, 0.1) is 6.10 Å². The highest BCUT2D eigenvalue weighted by molar-refractivity contribution is 7.99. The number of thioether (sulfide) groups is 1. The van der Waals surface area contributed by atoms with E-state index < -0.39 is 0 Å². The Hall–Kier alpha value is 0.560. The van der Waals surface area contributed by atoms with Gasteiger partial charge >= 0.3 is 0 Å². The number of β-amino-alcohol motifs (C(OH)–C–C–N with tert-alkyl or cyclic N) is 1. The first-order valence-electron chi connectivity index (χ1n) is 4.32. The molecule has 2 rings (SSSR count). The summed E-state index contributed by atoms with van der Waals surface area (Å²) in [5.74, 6) is 2.53. The zero-order valence-corrected chi connectivity index (χ0v) is 8.72. The van der Waals surface area contributed by atoms with Gasteiger partial charge in [0.15, 0.2) is 0 Å². The fourth-order valence-corrected chi connectivity index (χ4v) is 3.35. The van der Waals surface area contributed by atoms with E-state index in [0.29, 0.717) is 5.54 Å². The predicted octanol–water partition coefficient (Wildman–Crippen LogP) is 1.03. The van der Waals surface area contributed by atoms with Gasteiger partial charge in [-0.25, -0.2) is 0 Å². The maximum atomic E-state index is 9.38. The van der Waals surface area contributed by atoms with E-state index in [1.165, 1.54) is 24.3 Å². The largest absolute Gasteiger partial charge is 0.392 e. The van der Waals surface area contributed by atoms with Gasteiger partial charge in [-0.05, 0) is 30.8 Å². The Kier molecular flexibility index (Phi) is 3.71. The summed E-state index contributed by atoms with van der Waals surface area (Å²) >= 11 is 2.04. The molecule has 0 aromatic carbocycles. The molecule has 2 N–H and O–H groups in total. The lowest BCUT2D eigenvalue weighted by Gasteiger charge is -2.33. The third-order valence-electron chi connectivity index (χ3n) is 2.79. The molecule has 0 saturated carbocycles. The molecule has 0 aromatic rings. The highest BCUT2D eigenvalue weighted by atomic mass is 35.5. The van der Waals surface area contributed by atoms with Crippen LogP contribution in [0.3, 0.4) is 0 Å². The molecule has 2 fully saturated rings. The lowest BCUT2D eigenvalue weighted by Crippen LogP contribution is -2.42. The number of rotatable bonds is 0. The maximum absolute atomic E-state index is 9.38. The Morgan fingerprint density at radius 2 is 2.00 bits per heavy atom. The first kappa shape index (κ1) is 10.6. The van der Waals surface area contributed by atoms with E-state index in [-0.39, 0.29) is 18.5 Å².